The molecule has 2 atom stereocenters. The Labute approximate surface area is 164 Å². The molecule has 0 saturated carbocycles. The second-order valence-corrected chi connectivity index (χ2v) is 6.72. The number of unbranched alkanes of at least 4 members (excludes halogenated alkanes) is 1. The zero-order valence-corrected chi connectivity index (χ0v) is 18.0. The maximum absolute atomic E-state index is 4.50. The van der Waals surface area contributed by atoms with Gasteiger partial charge in [0.15, 0.2) is 5.96 Å². The van der Waals surface area contributed by atoms with Gasteiger partial charge in [-0.15, -0.1) is 24.0 Å². The van der Waals surface area contributed by atoms with Crippen LogP contribution in [0.1, 0.15) is 57.4 Å². The molecule has 1 aromatic rings. The van der Waals surface area contributed by atoms with E-state index in [1.165, 1.54) is 37.7 Å². The maximum atomic E-state index is 4.50. The molecule has 1 aliphatic rings. The van der Waals surface area contributed by atoms with Crippen molar-refractivity contribution in [1.29, 1.82) is 0 Å². The van der Waals surface area contributed by atoms with Crippen LogP contribution in [-0.4, -0.2) is 47.3 Å². The Hall–Kier alpha value is -0.790. The molecule has 0 aromatic carbocycles. The van der Waals surface area contributed by atoms with Crippen molar-refractivity contribution in [2.24, 2.45) is 18.0 Å². The number of hydrogen-bond acceptors (Lipinski definition) is 2. The molecule has 1 aromatic heterocycles. The predicted molar refractivity (Wildman–Crippen MR) is 112 cm³/mol. The third-order valence-corrected chi connectivity index (χ3v) is 4.99. The number of guanidine groups is 1. The van der Waals surface area contributed by atoms with E-state index < -0.39 is 0 Å². The van der Waals surface area contributed by atoms with Crippen LogP contribution in [0.3, 0.4) is 0 Å². The summed E-state index contributed by atoms with van der Waals surface area (Å²) >= 11 is 0. The summed E-state index contributed by atoms with van der Waals surface area (Å²) in [6, 6.07) is 0. The molecule has 1 N–H and O–H groups in total. The normalized spacial score (nSPS) is 19.2. The Bertz CT molecular complexity index is 499. The van der Waals surface area contributed by atoms with Crippen molar-refractivity contribution in [3.05, 3.63) is 18.0 Å². The van der Waals surface area contributed by atoms with E-state index in [0.29, 0.717) is 5.92 Å². The summed E-state index contributed by atoms with van der Waals surface area (Å²) < 4.78 is 1.89. The maximum Gasteiger partial charge on any atom is 0.193 e. The molecule has 0 spiro atoms. The van der Waals surface area contributed by atoms with Crippen LogP contribution in [0.15, 0.2) is 17.4 Å². The molecule has 1 saturated heterocycles. The Balaban J connectivity index is 0.00000288. The predicted octanol–water partition coefficient (Wildman–Crippen LogP) is 3.62. The summed E-state index contributed by atoms with van der Waals surface area (Å²) in [5.41, 5.74) is 1.35. The average Bonchev–Trinajstić information content (AvgIpc) is 3.20. The van der Waals surface area contributed by atoms with Crippen molar-refractivity contribution >= 4 is 29.9 Å². The molecule has 2 rings (SSSR count). The van der Waals surface area contributed by atoms with E-state index in [-0.39, 0.29) is 24.0 Å². The van der Waals surface area contributed by atoms with Crippen LogP contribution < -0.4 is 5.32 Å². The number of hydrogen-bond donors (Lipinski definition) is 1. The Kier molecular flexibility index (Phi) is 9.69. The zero-order chi connectivity index (χ0) is 16.7. The van der Waals surface area contributed by atoms with Gasteiger partial charge in [0.2, 0.25) is 0 Å². The fraction of sp³-hybridized carbons (Fsp3) is 0.778. The molecule has 1 aliphatic heterocycles. The molecule has 0 aliphatic carbocycles. The Morgan fingerprint density at radius 1 is 1.46 bits per heavy atom. The molecule has 2 heterocycles. The van der Waals surface area contributed by atoms with Gasteiger partial charge in [-0.25, -0.2) is 0 Å². The first-order valence-corrected chi connectivity index (χ1v) is 9.12. The lowest BCUT2D eigenvalue weighted by Gasteiger charge is -2.24. The van der Waals surface area contributed by atoms with Crippen LogP contribution >= 0.6 is 24.0 Å². The van der Waals surface area contributed by atoms with Crippen LogP contribution in [0.2, 0.25) is 0 Å². The van der Waals surface area contributed by atoms with Crippen molar-refractivity contribution in [3.8, 4) is 0 Å². The first-order chi connectivity index (χ1) is 11.2. The Morgan fingerprint density at radius 3 is 2.83 bits per heavy atom. The van der Waals surface area contributed by atoms with E-state index in [0.717, 1.165) is 31.5 Å². The van der Waals surface area contributed by atoms with Gasteiger partial charge in [0.05, 0.1) is 6.20 Å². The largest absolute Gasteiger partial charge is 0.356 e. The van der Waals surface area contributed by atoms with Crippen LogP contribution in [0, 0.1) is 5.92 Å². The van der Waals surface area contributed by atoms with Gasteiger partial charge in [-0.1, -0.05) is 33.1 Å². The number of nitrogens with zero attached hydrogens (tertiary/aromatic N) is 4. The number of halogens is 1. The SMILES string of the molecule is CCCCC(CC)CNC(=NC)N1CCC(c2cnn(C)c2)C1.I. The van der Waals surface area contributed by atoms with Gasteiger partial charge in [-0.05, 0) is 24.3 Å². The first kappa shape index (κ1) is 21.3. The number of aromatic nitrogens is 2. The highest BCUT2D eigenvalue weighted by Gasteiger charge is 2.27. The van der Waals surface area contributed by atoms with Crippen molar-refractivity contribution in [1.82, 2.24) is 20.0 Å². The lowest BCUT2D eigenvalue weighted by Crippen LogP contribution is -2.41. The smallest absolute Gasteiger partial charge is 0.193 e. The summed E-state index contributed by atoms with van der Waals surface area (Å²) in [5.74, 6) is 2.39. The third-order valence-electron chi connectivity index (χ3n) is 4.99. The molecule has 2 unspecified atom stereocenters. The van der Waals surface area contributed by atoms with Crippen molar-refractivity contribution < 1.29 is 0 Å². The van der Waals surface area contributed by atoms with Gasteiger partial charge >= 0.3 is 0 Å². The van der Waals surface area contributed by atoms with Gasteiger partial charge < -0.3 is 10.2 Å². The quantitative estimate of drug-likeness (QED) is 0.395. The van der Waals surface area contributed by atoms with Crippen LogP contribution in [-0.2, 0) is 7.05 Å². The molecule has 1 fully saturated rings. The van der Waals surface area contributed by atoms with Crippen molar-refractivity contribution in [2.45, 2.75) is 51.9 Å². The molecule has 0 bridgehead atoms. The van der Waals surface area contributed by atoms with E-state index in [4.69, 9.17) is 0 Å². The molecular weight excluding hydrogens is 413 g/mol. The van der Waals surface area contributed by atoms with Crippen LogP contribution in [0.25, 0.3) is 0 Å². The summed E-state index contributed by atoms with van der Waals surface area (Å²) in [5, 5.41) is 7.91. The van der Waals surface area contributed by atoms with E-state index in [9.17, 15) is 0 Å². The van der Waals surface area contributed by atoms with Crippen LogP contribution in [0.4, 0.5) is 0 Å². The number of rotatable bonds is 7. The molecule has 24 heavy (non-hydrogen) atoms. The topological polar surface area (TPSA) is 45.5 Å². The zero-order valence-electron chi connectivity index (χ0n) is 15.7. The van der Waals surface area contributed by atoms with Gasteiger partial charge in [0.1, 0.15) is 0 Å². The van der Waals surface area contributed by atoms with Gasteiger partial charge in [0.25, 0.3) is 0 Å². The van der Waals surface area contributed by atoms with E-state index in [1.807, 2.05) is 25.0 Å². The van der Waals surface area contributed by atoms with E-state index in [2.05, 4.69) is 40.4 Å². The standard InChI is InChI=1S/C18H33N5.HI/c1-5-7-8-15(6-2)11-20-18(19-3)23-10-9-16(14-23)17-12-21-22(4)13-17;/h12-13,15-16H,5-11,14H2,1-4H3,(H,19,20);1H. The molecule has 138 valence electrons. The fourth-order valence-electron chi connectivity index (χ4n) is 3.39. The number of aryl methyl sites for hydroxylation is 1. The highest BCUT2D eigenvalue weighted by molar-refractivity contribution is 14.0. The second kappa shape index (κ2) is 10.9. The van der Waals surface area contributed by atoms with E-state index >= 15 is 0 Å². The van der Waals surface area contributed by atoms with Gasteiger partial charge in [0, 0.05) is 45.8 Å². The Morgan fingerprint density at radius 2 is 2.25 bits per heavy atom. The highest BCUT2D eigenvalue weighted by Crippen LogP contribution is 2.26. The minimum Gasteiger partial charge on any atom is -0.356 e. The minimum atomic E-state index is 0. The molecule has 5 nitrogen and oxygen atoms in total. The van der Waals surface area contributed by atoms with Crippen LogP contribution in [0.5, 0.6) is 0 Å². The molecule has 0 radical (unpaired) electrons. The minimum absolute atomic E-state index is 0. The summed E-state index contributed by atoms with van der Waals surface area (Å²) in [4.78, 5) is 6.89. The fourth-order valence-corrected chi connectivity index (χ4v) is 3.39. The summed E-state index contributed by atoms with van der Waals surface area (Å²) in [6.45, 7) is 7.71. The first-order valence-electron chi connectivity index (χ1n) is 9.12. The third kappa shape index (κ3) is 5.93. The monoisotopic (exact) mass is 447 g/mol. The molecule has 6 heteroatoms. The summed E-state index contributed by atoms with van der Waals surface area (Å²) in [6.07, 6.45) is 10.5. The van der Waals surface area contributed by atoms with E-state index in [1.54, 1.807) is 0 Å². The van der Waals surface area contributed by atoms with Gasteiger partial charge in [-0.3, -0.25) is 9.67 Å². The molecule has 0 amide bonds. The lowest BCUT2D eigenvalue weighted by atomic mass is 9.99. The second-order valence-electron chi connectivity index (χ2n) is 6.72. The summed E-state index contributed by atoms with van der Waals surface area (Å²) in [7, 11) is 3.88. The van der Waals surface area contributed by atoms with Gasteiger partial charge in [-0.2, -0.15) is 5.10 Å². The number of aliphatic imine (C=N–C) groups is 1. The number of nitrogens with one attached hydrogen (secondary N) is 1. The van der Waals surface area contributed by atoms with Crippen molar-refractivity contribution in [3.63, 3.8) is 0 Å². The highest BCUT2D eigenvalue weighted by atomic mass is 127. The molecular formula is C18H34IN5. The average molecular weight is 447 g/mol. The number of likely N-dealkylation sites (tertiary alicyclic amines) is 1. The lowest BCUT2D eigenvalue weighted by molar-refractivity contribution is 0.424. The van der Waals surface area contributed by atoms with Crippen molar-refractivity contribution in [2.75, 3.05) is 26.7 Å².